The van der Waals surface area contributed by atoms with Crippen LogP contribution in [0.25, 0.3) is 0 Å². The van der Waals surface area contributed by atoms with Crippen LogP contribution in [-0.4, -0.2) is 18.1 Å². The fourth-order valence-corrected chi connectivity index (χ4v) is 1.08. The van der Waals surface area contributed by atoms with E-state index in [0.717, 1.165) is 7.11 Å². The maximum atomic E-state index is 12.3. The molecule has 0 atom stereocenters. The number of nitrogens with zero attached hydrogens (tertiary/aromatic N) is 1. The fraction of sp³-hybridized carbons (Fsp3) is 0.222. The van der Waals surface area contributed by atoms with E-state index in [4.69, 9.17) is 5.26 Å². The molecule has 0 aliphatic heterocycles. The molecule has 1 rings (SSSR count). The maximum absolute atomic E-state index is 12.3. The molecule has 0 aromatic carbocycles. The Morgan fingerprint density at radius 2 is 2.25 bits per heavy atom. The van der Waals surface area contributed by atoms with Gasteiger partial charge >= 0.3 is 5.97 Å². The molecular weight excluding hydrogens is 222 g/mol. The predicted octanol–water partition coefficient (Wildman–Crippen LogP) is 0.971. The van der Waals surface area contributed by atoms with Crippen LogP contribution >= 0.6 is 0 Å². The van der Waals surface area contributed by atoms with Gasteiger partial charge in [-0.25, -0.2) is 13.6 Å². The van der Waals surface area contributed by atoms with Crippen molar-refractivity contribution in [1.82, 2.24) is 4.98 Å². The highest BCUT2D eigenvalue weighted by atomic mass is 19.3. The standard InChI is InChI=1S/C9H6F2N2O3/c1-16-9(15)6-4(2-12)7(14)5(3-13-6)8(10)11/h3,8H,1H3,(H,13,14). The lowest BCUT2D eigenvalue weighted by Crippen LogP contribution is -2.20. The smallest absolute Gasteiger partial charge is 0.355 e. The van der Waals surface area contributed by atoms with Gasteiger partial charge in [0.1, 0.15) is 17.3 Å². The summed E-state index contributed by atoms with van der Waals surface area (Å²) < 4.78 is 28.9. The predicted molar refractivity (Wildman–Crippen MR) is 48.1 cm³/mol. The van der Waals surface area contributed by atoms with Crippen LogP contribution in [0.1, 0.15) is 28.0 Å². The van der Waals surface area contributed by atoms with Crippen LogP contribution in [0.4, 0.5) is 8.78 Å². The van der Waals surface area contributed by atoms with Crippen LogP contribution in [0, 0.1) is 11.3 Å². The van der Waals surface area contributed by atoms with Crippen molar-refractivity contribution in [2.75, 3.05) is 7.11 Å². The Bertz CT molecular complexity index is 516. The summed E-state index contributed by atoms with van der Waals surface area (Å²) in [6.45, 7) is 0. The molecule has 0 aliphatic carbocycles. The van der Waals surface area contributed by atoms with Gasteiger partial charge in [0.05, 0.1) is 12.7 Å². The van der Waals surface area contributed by atoms with Crippen LogP contribution in [0.5, 0.6) is 0 Å². The minimum Gasteiger partial charge on any atom is -0.464 e. The van der Waals surface area contributed by atoms with Crippen LogP contribution in [-0.2, 0) is 4.74 Å². The Morgan fingerprint density at radius 3 is 2.69 bits per heavy atom. The number of alkyl halides is 2. The molecule has 1 heterocycles. The van der Waals surface area contributed by atoms with Gasteiger partial charge in [-0.3, -0.25) is 4.79 Å². The van der Waals surface area contributed by atoms with Gasteiger partial charge in [0.2, 0.25) is 5.43 Å². The summed E-state index contributed by atoms with van der Waals surface area (Å²) in [6.07, 6.45) is -2.32. The summed E-state index contributed by atoms with van der Waals surface area (Å²) in [5.41, 5.74) is -3.13. The molecule has 5 nitrogen and oxygen atoms in total. The Labute approximate surface area is 88.3 Å². The van der Waals surface area contributed by atoms with E-state index in [-0.39, 0.29) is 0 Å². The highest BCUT2D eigenvalue weighted by molar-refractivity contribution is 5.89. The summed E-state index contributed by atoms with van der Waals surface area (Å²) >= 11 is 0. The third kappa shape index (κ3) is 1.91. The zero-order valence-electron chi connectivity index (χ0n) is 8.08. The van der Waals surface area contributed by atoms with E-state index in [0.29, 0.717) is 6.20 Å². The Balaban J connectivity index is 3.49. The fourth-order valence-electron chi connectivity index (χ4n) is 1.08. The summed E-state index contributed by atoms with van der Waals surface area (Å²) in [7, 11) is 1.04. The molecule has 1 N–H and O–H groups in total. The molecule has 0 spiro atoms. The number of hydrogen-bond acceptors (Lipinski definition) is 4. The van der Waals surface area contributed by atoms with E-state index in [9.17, 15) is 18.4 Å². The van der Waals surface area contributed by atoms with E-state index in [1.54, 1.807) is 0 Å². The number of carbonyl (C=O) groups excluding carboxylic acids is 1. The second-order valence-corrected chi connectivity index (χ2v) is 2.73. The van der Waals surface area contributed by atoms with E-state index < -0.39 is 34.6 Å². The average molecular weight is 228 g/mol. The summed E-state index contributed by atoms with van der Waals surface area (Å²) in [6, 6.07) is 1.40. The molecule has 0 bridgehead atoms. The van der Waals surface area contributed by atoms with E-state index in [1.807, 2.05) is 0 Å². The monoisotopic (exact) mass is 228 g/mol. The molecule has 0 amide bonds. The van der Waals surface area contributed by atoms with Crippen molar-refractivity contribution in [1.29, 1.82) is 5.26 Å². The molecule has 16 heavy (non-hydrogen) atoms. The zero-order chi connectivity index (χ0) is 12.3. The summed E-state index contributed by atoms with van der Waals surface area (Å²) in [5.74, 6) is -0.963. The highest BCUT2D eigenvalue weighted by Crippen LogP contribution is 2.15. The molecule has 0 radical (unpaired) electrons. The lowest BCUT2D eigenvalue weighted by molar-refractivity contribution is 0.0592. The first-order chi connectivity index (χ1) is 7.52. The number of aromatic nitrogens is 1. The first-order valence-electron chi connectivity index (χ1n) is 4.05. The van der Waals surface area contributed by atoms with Crippen LogP contribution < -0.4 is 5.43 Å². The number of methoxy groups -OCH3 is 1. The van der Waals surface area contributed by atoms with Gasteiger partial charge in [0.25, 0.3) is 6.43 Å². The van der Waals surface area contributed by atoms with Gasteiger partial charge in [-0.05, 0) is 0 Å². The molecule has 0 unspecified atom stereocenters. The van der Waals surface area contributed by atoms with Crippen molar-refractivity contribution in [2.24, 2.45) is 0 Å². The minimum atomic E-state index is -3.01. The van der Waals surface area contributed by atoms with Crippen molar-refractivity contribution >= 4 is 5.97 Å². The Hall–Kier alpha value is -2.23. The van der Waals surface area contributed by atoms with Gasteiger partial charge in [-0.15, -0.1) is 0 Å². The van der Waals surface area contributed by atoms with Gasteiger partial charge in [-0.2, -0.15) is 5.26 Å². The van der Waals surface area contributed by atoms with E-state index in [1.165, 1.54) is 6.07 Å². The maximum Gasteiger partial charge on any atom is 0.355 e. The van der Waals surface area contributed by atoms with Crippen molar-refractivity contribution in [3.8, 4) is 6.07 Å². The first kappa shape index (κ1) is 11.8. The lowest BCUT2D eigenvalue weighted by atomic mass is 10.1. The number of H-pyrrole nitrogens is 1. The number of aromatic amines is 1. The van der Waals surface area contributed by atoms with E-state index >= 15 is 0 Å². The molecule has 1 aromatic heterocycles. The molecular formula is C9H6F2N2O3. The third-order valence-electron chi connectivity index (χ3n) is 1.85. The first-order valence-corrected chi connectivity index (χ1v) is 4.05. The van der Waals surface area contributed by atoms with E-state index in [2.05, 4.69) is 9.72 Å². The number of nitrogens with one attached hydrogen (secondary N) is 1. The highest BCUT2D eigenvalue weighted by Gasteiger charge is 2.21. The van der Waals surface area contributed by atoms with Gasteiger partial charge < -0.3 is 9.72 Å². The quantitative estimate of drug-likeness (QED) is 0.764. The van der Waals surface area contributed by atoms with Crippen molar-refractivity contribution in [3.63, 3.8) is 0 Å². The van der Waals surface area contributed by atoms with Gasteiger partial charge in [0.15, 0.2) is 0 Å². The molecule has 84 valence electrons. The number of rotatable bonds is 2. The normalized spacial score (nSPS) is 9.94. The van der Waals surface area contributed by atoms with Crippen molar-refractivity contribution in [3.05, 3.63) is 33.2 Å². The molecule has 0 saturated heterocycles. The number of nitriles is 1. The van der Waals surface area contributed by atoms with Crippen LogP contribution in [0.3, 0.4) is 0 Å². The lowest BCUT2D eigenvalue weighted by Gasteiger charge is -2.04. The number of pyridine rings is 1. The SMILES string of the molecule is COC(=O)c1[nH]cc(C(F)F)c(=O)c1C#N. The average Bonchev–Trinajstić information content (AvgIpc) is 2.26. The van der Waals surface area contributed by atoms with Gasteiger partial charge in [-0.1, -0.05) is 0 Å². The molecule has 1 aromatic rings. The Kier molecular flexibility index (Phi) is 3.35. The largest absolute Gasteiger partial charge is 0.464 e. The van der Waals surface area contributed by atoms with Gasteiger partial charge in [0, 0.05) is 6.20 Å². The summed E-state index contributed by atoms with van der Waals surface area (Å²) in [4.78, 5) is 24.6. The van der Waals surface area contributed by atoms with Crippen molar-refractivity contribution < 1.29 is 18.3 Å². The second-order valence-electron chi connectivity index (χ2n) is 2.73. The number of esters is 1. The number of carbonyl (C=O) groups is 1. The molecule has 0 fully saturated rings. The number of halogens is 2. The third-order valence-corrected chi connectivity index (χ3v) is 1.85. The van der Waals surface area contributed by atoms with Crippen molar-refractivity contribution in [2.45, 2.75) is 6.43 Å². The topological polar surface area (TPSA) is 83.0 Å². The Morgan fingerprint density at radius 1 is 1.62 bits per heavy atom. The van der Waals surface area contributed by atoms with Crippen LogP contribution in [0.15, 0.2) is 11.0 Å². The van der Waals surface area contributed by atoms with Crippen LogP contribution in [0.2, 0.25) is 0 Å². The zero-order valence-corrected chi connectivity index (χ0v) is 8.08. The second kappa shape index (κ2) is 4.53. The molecule has 0 saturated carbocycles. The molecule has 7 heteroatoms. The number of ether oxygens (including phenoxy) is 1. The molecule has 0 aliphatic rings. The number of hydrogen-bond donors (Lipinski definition) is 1. The summed E-state index contributed by atoms with van der Waals surface area (Å²) in [5, 5.41) is 8.63. The minimum absolute atomic E-state index is 0.431.